The van der Waals surface area contributed by atoms with Crippen molar-refractivity contribution in [3.8, 4) is 11.1 Å². The summed E-state index contributed by atoms with van der Waals surface area (Å²) in [6.07, 6.45) is 2.75. The van der Waals surface area contributed by atoms with Gasteiger partial charge in [0.2, 0.25) is 6.41 Å². The van der Waals surface area contributed by atoms with E-state index < -0.39 is 0 Å². The first kappa shape index (κ1) is 19.9. The normalized spacial score (nSPS) is 11.6. The smallest absolute Gasteiger partial charge is 0.215 e. The maximum Gasteiger partial charge on any atom is 0.215 e. The Morgan fingerprint density at radius 2 is 1.54 bits per heavy atom. The number of hydrogen-bond donors (Lipinski definition) is 0. The van der Waals surface area contributed by atoms with E-state index in [-0.39, 0.29) is 0 Å². The third kappa shape index (κ3) is 5.59. The molecule has 0 N–H and O–H groups in total. The average molecular weight is 407 g/mol. The Morgan fingerprint density at radius 1 is 0.929 bits per heavy atom. The summed E-state index contributed by atoms with van der Waals surface area (Å²) in [6, 6.07) is 25.6. The van der Waals surface area contributed by atoms with E-state index in [1.807, 2.05) is 66.1 Å². The lowest BCUT2D eigenvalue weighted by Crippen LogP contribution is -2.21. The SMILES string of the molecule is CN(C=O)/C(=N\c1ccccc1)S/C=C\c1ccc(-c2ccc(Cl)cc2)cc1. The number of hydrogen-bond acceptors (Lipinski definition) is 3. The molecule has 28 heavy (non-hydrogen) atoms. The van der Waals surface area contributed by atoms with Crippen molar-refractivity contribution in [1.29, 1.82) is 0 Å². The first-order valence-electron chi connectivity index (χ1n) is 8.67. The van der Waals surface area contributed by atoms with E-state index in [2.05, 4.69) is 29.3 Å². The number of carbonyl (C=O) groups is 1. The molecule has 0 aliphatic heterocycles. The molecule has 0 fully saturated rings. The number of benzene rings is 3. The summed E-state index contributed by atoms with van der Waals surface area (Å²) in [5.41, 5.74) is 4.13. The van der Waals surface area contributed by atoms with E-state index in [4.69, 9.17) is 11.6 Å². The summed E-state index contributed by atoms with van der Waals surface area (Å²) in [5, 5.41) is 3.27. The molecule has 0 aliphatic rings. The second-order valence-electron chi connectivity index (χ2n) is 6.00. The van der Waals surface area contributed by atoms with Crippen molar-refractivity contribution in [2.75, 3.05) is 7.05 Å². The quantitative estimate of drug-likeness (QED) is 0.275. The minimum Gasteiger partial charge on any atom is -0.297 e. The summed E-state index contributed by atoms with van der Waals surface area (Å²) < 4.78 is 0. The number of rotatable bonds is 5. The van der Waals surface area contributed by atoms with Crippen molar-refractivity contribution in [3.63, 3.8) is 0 Å². The maximum atomic E-state index is 11.2. The van der Waals surface area contributed by atoms with Crippen LogP contribution in [0.25, 0.3) is 17.2 Å². The molecule has 0 aliphatic carbocycles. The molecular weight excluding hydrogens is 388 g/mol. The van der Waals surface area contributed by atoms with Crippen molar-refractivity contribution < 1.29 is 4.79 Å². The van der Waals surface area contributed by atoms with Gasteiger partial charge in [-0.2, -0.15) is 0 Å². The molecule has 0 radical (unpaired) electrons. The van der Waals surface area contributed by atoms with Crippen LogP contribution < -0.4 is 0 Å². The van der Waals surface area contributed by atoms with Crippen molar-refractivity contribution in [2.24, 2.45) is 4.99 Å². The minimum atomic E-state index is 0.607. The van der Waals surface area contributed by atoms with Gasteiger partial charge >= 0.3 is 0 Å². The number of amidine groups is 1. The lowest BCUT2D eigenvalue weighted by Gasteiger charge is -2.11. The third-order valence-corrected chi connectivity index (χ3v) is 5.08. The highest BCUT2D eigenvalue weighted by atomic mass is 35.5. The molecule has 3 aromatic carbocycles. The van der Waals surface area contributed by atoms with Crippen LogP contribution in [0.1, 0.15) is 5.56 Å². The average Bonchev–Trinajstić information content (AvgIpc) is 2.74. The topological polar surface area (TPSA) is 32.7 Å². The fraction of sp³-hybridized carbons (Fsp3) is 0.0435. The molecule has 140 valence electrons. The van der Waals surface area contributed by atoms with Crippen molar-refractivity contribution in [1.82, 2.24) is 4.90 Å². The summed E-state index contributed by atoms with van der Waals surface area (Å²) in [4.78, 5) is 17.2. The Hall–Kier alpha value is -2.82. The standard InChI is InChI=1S/C23H19ClN2OS/c1-26(17-27)23(25-22-5-3-2-4-6-22)28-16-15-18-7-9-19(10-8-18)20-11-13-21(24)14-12-20/h2-17H,1H3/b16-15-,25-23+. The number of thioether (sulfide) groups is 1. The van der Waals surface area contributed by atoms with Gasteiger partial charge in [-0.1, -0.05) is 78.0 Å². The van der Waals surface area contributed by atoms with Crippen LogP contribution in [0.2, 0.25) is 5.02 Å². The van der Waals surface area contributed by atoms with Gasteiger partial charge in [0.1, 0.15) is 0 Å². The monoisotopic (exact) mass is 406 g/mol. The summed E-state index contributed by atoms with van der Waals surface area (Å²) in [7, 11) is 1.69. The molecule has 1 amide bonds. The van der Waals surface area contributed by atoms with Gasteiger partial charge in [-0.25, -0.2) is 4.99 Å². The molecule has 0 spiro atoms. The van der Waals surface area contributed by atoms with E-state index >= 15 is 0 Å². The number of amides is 1. The van der Waals surface area contributed by atoms with Gasteiger partial charge in [0.15, 0.2) is 5.17 Å². The predicted octanol–water partition coefficient (Wildman–Crippen LogP) is 6.49. The second kappa shape index (κ2) is 9.93. The highest BCUT2D eigenvalue weighted by Crippen LogP contribution is 2.23. The molecule has 0 saturated heterocycles. The zero-order valence-corrected chi connectivity index (χ0v) is 16.9. The highest BCUT2D eigenvalue weighted by molar-refractivity contribution is 8.16. The maximum absolute atomic E-state index is 11.2. The lowest BCUT2D eigenvalue weighted by molar-refractivity contribution is -0.113. The van der Waals surface area contributed by atoms with Crippen LogP contribution in [0.3, 0.4) is 0 Å². The molecular formula is C23H19ClN2OS. The van der Waals surface area contributed by atoms with Crippen LogP contribution in [0, 0.1) is 0 Å². The molecule has 5 heteroatoms. The predicted molar refractivity (Wildman–Crippen MR) is 121 cm³/mol. The van der Waals surface area contributed by atoms with Gasteiger partial charge in [0.05, 0.1) is 5.69 Å². The van der Waals surface area contributed by atoms with Crippen LogP contribution in [-0.4, -0.2) is 23.5 Å². The van der Waals surface area contributed by atoms with Gasteiger partial charge in [-0.3, -0.25) is 9.69 Å². The molecule has 0 aromatic heterocycles. The number of nitrogens with zero attached hydrogens (tertiary/aromatic N) is 2. The van der Waals surface area contributed by atoms with E-state index in [0.717, 1.165) is 33.8 Å². The number of carbonyl (C=O) groups excluding carboxylic acids is 1. The van der Waals surface area contributed by atoms with Crippen LogP contribution in [0.4, 0.5) is 5.69 Å². The third-order valence-electron chi connectivity index (χ3n) is 3.96. The second-order valence-corrected chi connectivity index (χ2v) is 7.31. The van der Waals surface area contributed by atoms with E-state index in [1.54, 1.807) is 7.05 Å². The van der Waals surface area contributed by atoms with Gasteiger partial charge in [-0.15, -0.1) is 0 Å². The Balaban J connectivity index is 1.70. The molecule has 0 saturated carbocycles. The zero-order chi connectivity index (χ0) is 19.8. The molecule has 3 nitrogen and oxygen atoms in total. The Kier molecular flexibility index (Phi) is 7.06. The molecule has 0 bridgehead atoms. The molecule has 3 aromatic rings. The first-order valence-corrected chi connectivity index (χ1v) is 9.92. The first-order chi connectivity index (χ1) is 13.7. The Labute approximate surface area is 174 Å². The molecule has 3 rings (SSSR count). The van der Waals surface area contributed by atoms with Gasteiger partial charge in [-0.05, 0) is 52.4 Å². The van der Waals surface area contributed by atoms with E-state index in [0.29, 0.717) is 5.17 Å². The number of halogens is 1. The van der Waals surface area contributed by atoms with Crippen LogP contribution in [0.15, 0.2) is 89.3 Å². The summed E-state index contributed by atoms with van der Waals surface area (Å²) in [5.74, 6) is 0. The van der Waals surface area contributed by atoms with E-state index in [9.17, 15) is 4.79 Å². The fourth-order valence-corrected chi connectivity index (χ4v) is 3.29. The molecule has 0 unspecified atom stereocenters. The van der Waals surface area contributed by atoms with Gasteiger partial charge < -0.3 is 0 Å². The van der Waals surface area contributed by atoms with E-state index in [1.165, 1.54) is 16.7 Å². The lowest BCUT2D eigenvalue weighted by atomic mass is 10.0. The Bertz CT molecular complexity index is 968. The molecule has 0 heterocycles. The largest absolute Gasteiger partial charge is 0.297 e. The Morgan fingerprint density at radius 3 is 2.14 bits per heavy atom. The van der Waals surface area contributed by atoms with Crippen LogP contribution in [-0.2, 0) is 4.79 Å². The van der Waals surface area contributed by atoms with Gasteiger partial charge in [0.25, 0.3) is 0 Å². The highest BCUT2D eigenvalue weighted by Gasteiger charge is 2.05. The van der Waals surface area contributed by atoms with Gasteiger partial charge in [0, 0.05) is 12.1 Å². The van der Waals surface area contributed by atoms with Crippen LogP contribution >= 0.6 is 23.4 Å². The summed E-state index contributed by atoms with van der Waals surface area (Å²) >= 11 is 7.34. The minimum absolute atomic E-state index is 0.607. The van der Waals surface area contributed by atoms with Crippen molar-refractivity contribution >= 4 is 46.7 Å². The van der Waals surface area contributed by atoms with Crippen molar-refractivity contribution in [3.05, 3.63) is 94.9 Å². The fourth-order valence-electron chi connectivity index (χ4n) is 2.45. The number of aliphatic imine (C=N–C) groups is 1. The van der Waals surface area contributed by atoms with Crippen molar-refractivity contribution in [2.45, 2.75) is 0 Å². The zero-order valence-electron chi connectivity index (χ0n) is 15.3. The molecule has 0 atom stereocenters. The van der Waals surface area contributed by atoms with Crippen LogP contribution in [0.5, 0.6) is 0 Å². The summed E-state index contributed by atoms with van der Waals surface area (Å²) in [6.45, 7) is 0. The number of para-hydroxylation sites is 1.